The predicted molar refractivity (Wildman–Crippen MR) is 59.7 cm³/mol. The van der Waals surface area contributed by atoms with Gasteiger partial charge >= 0.3 is 5.97 Å². The molecule has 1 heterocycles. The van der Waals surface area contributed by atoms with Gasteiger partial charge in [0, 0.05) is 26.2 Å². The van der Waals surface area contributed by atoms with Gasteiger partial charge in [0.15, 0.2) is 0 Å². The van der Waals surface area contributed by atoms with E-state index in [9.17, 15) is 4.79 Å². The maximum atomic E-state index is 11.7. The number of carbonyl (C=O) groups excluding carboxylic acids is 1. The van der Waals surface area contributed by atoms with Crippen LogP contribution in [0.4, 0.5) is 0 Å². The number of nitrogens with zero attached hydrogens (tertiary/aromatic N) is 2. The third-order valence-electron chi connectivity index (χ3n) is 3.01. The van der Waals surface area contributed by atoms with E-state index in [0.29, 0.717) is 5.92 Å². The topological polar surface area (TPSA) is 32.8 Å². The number of methoxy groups -OCH3 is 1. The van der Waals surface area contributed by atoms with Crippen LogP contribution in [-0.4, -0.2) is 62.1 Å². The van der Waals surface area contributed by atoms with Crippen LogP contribution in [0.1, 0.15) is 13.8 Å². The van der Waals surface area contributed by atoms with Crippen molar-refractivity contribution in [3.63, 3.8) is 0 Å². The summed E-state index contributed by atoms with van der Waals surface area (Å²) in [4.78, 5) is 16.2. The molecule has 0 unspecified atom stereocenters. The quantitative estimate of drug-likeness (QED) is 0.638. The summed E-state index contributed by atoms with van der Waals surface area (Å²) in [5, 5.41) is 0. The molecule has 0 aromatic heterocycles. The molecule has 0 amide bonds. The lowest BCUT2D eigenvalue weighted by Crippen LogP contribution is -2.53. The van der Waals surface area contributed by atoms with E-state index in [1.807, 2.05) is 0 Å². The highest BCUT2D eigenvalue weighted by atomic mass is 16.5. The van der Waals surface area contributed by atoms with Crippen LogP contribution in [0.3, 0.4) is 0 Å². The first kappa shape index (κ1) is 12.5. The van der Waals surface area contributed by atoms with Gasteiger partial charge in [0.25, 0.3) is 0 Å². The van der Waals surface area contributed by atoms with Crippen molar-refractivity contribution in [1.29, 1.82) is 0 Å². The average Bonchev–Trinajstić information content (AvgIpc) is 2.20. The molecule has 0 aromatic carbocycles. The van der Waals surface area contributed by atoms with E-state index in [4.69, 9.17) is 4.74 Å². The van der Waals surface area contributed by atoms with Crippen LogP contribution in [0.2, 0.25) is 0 Å². The van der Waals surface area contributed by atoms with Crippen molar-refractivity contribution in [2.24, 2.45) is 5.92 Å². The Balaban J connectivity index is 2.60. The lowest BCUT2D eigenvalue weighted by atomic mass is 10.0. The Morgan fingerprint density at radius 2 is 1.73 bits per heavy atom. The van der Waals surface area contributed by atoms with Crippen LogP contribution in [0.5, 0.6) is 0 Å². The van der Waals surface area contributed by atoms with Crippen molar-refractivity contribution < 1.29 is 9.53 Å². The van der Waals surface area contributed by atoms with Crippen molar-refractivity contribution >= 4 is 5.97 Å². The van der Waals surface area contributed by atoms with E-state index < -0.39 is 0 Å². The summed E-state index contributed by atoms with van der Waals surface area (Å²) in [6.45, 7) is 8.10. The highest BCUT2D eigenvalue weighted by Crippen LogP contribution is 2.14. The molecule has 0 aromatic rings. The average molecular weight is 214 g/mol. The normalized spacial score (nSPS) is 21.7. The third-order valence-corrected chi connectivity index (χ3v) is 3.01. The van der Waals surface area contributed by atoms with Crippen molar-refractivity contribution in [2.45, 2.75) is 19.9 Å². The highest BCUT2D eigenvalue weighted by molar-refractivity contribution is 5.76. The van der Waals surface area contributed by atoms with E-state index in [0.717, 1.165) is 26.2 Å². The Hall–Kier alpha value is -0.610. The smallest absolute Gasteiger partial charge is 0.323 e. The van der Waals surface area contributed by atoms with Crippen molar-refractivity contribution in [1.82, 2.24) is 9.80 Å². The largest absolute Gasteiger partial charge is 0.468 e. The zero-order valence-corrected chi connectivity index (χ0v) is 10.2. The van der Waals surface area contributed by atoms with Crippen LogP contribution in [0.15, 0.2) is 0 Å². The van der Waals surface area contributed by atoms with Gasteiger partial charge in [-0.1, -0.05) is 13.8 Å². The van der Waals surface area contributed by atoms with E-state index in [-0.39, 0.29) is 12.0 Å². The Bertz CT molecular complexity index is 211. The minimum atomic E-state index is -0.102. The van der Waals surface area contributed by atoms with Gasteiger partial charge in [-0.2, -0.15) is 0 Å². The Morgan fingerprint density at radius 3 is 2.13 bits per heavy atom. The Kier molecular flexibility index (Phi) is 4.54. The van der Waals surface area contributed by atoms with E-state index in [2.05, 4.69) is 30.7 Å². The summed E-state index contributed by atoms with van der Waals surface area (Å²) in [6, 6.07) is -0.0799. The molecule has 1 aliphatic rings. The zero-order valence-electron chi connectivity index (χ0n) is 10.2. The van der Waals surface area contributed by atoms with Crippen LogP contribution < -0.4 is 0 Å². The molecule has 0 spiro atoms. The Morgan fingerprint density at radius 1 is 1.20 bits per heavy atom. The van der Waals surface area contributed by atoms with Gasteiger partial charge in [-0.25, -0.2) is 0 Å². The second-order valence-electron chi connectivity index (χ2n) is 4.55. The third kappa shape index (κ3) is 3.18. The second-order valence-corrected chi connectivity index (χ2v) is 4.55. The fraction of sp³-hybridized carbons (Fsp3) is 0.909. The standard InChI is InChI=1S/C11H22N2O2/c1-9(2)10(11(14)15-4)13-7-5-12(3)6-8-13/h9-10H,5-8H2,1-4H3/t10-/m0/s1. The molecule has 0 aliphatic carbocycles. The maximum Gasteiger partial charge on any atom is 0.323 e. The molecule has 0 radical (unpaired) electrons. The lowest BCUT2D eigenvalue weighted by Gasteiger charge is -2.38. The number of hydrogen-bond donors (Lipinski definition) is 0. The molecule has 4 nitrogen and oxygen atoms in total. The van der Waals surface area contributed by atoms with Crippen LogP contribution in [-0.2, 0) is 9.53 Å². The van der Waals surface area contributed by atoms with Crippen LogP contribution >= 0.6 is 0 Å². The fourth-order valence-corrected chi connectivity index (χ4v) is 2.06. The second kappa shape index (κ2) is 5.47. The number of esters is 1. The minimum absolute atomic E-state index is 0.0799. The summed E-state index contributed by atoms with van der Waals surface area (Å²) < 4.78 is 4.86. The van der Waals surface area contributed by atoms with Crippen LogP contribution in [0.25, 0.3) is 0 Å². The first-order chi connectivity index (χ1) is 7.06. The molecule has 15 heavy (non-hydrogen) atoms. The van der Waals surface area contributed by atoms with Gasteiger partial charge in [0.05, 0.1) is 7.11 Å². The zero-order chi connectivity index (χ0) is 11.4. The summed E-state index contributed by atoms with van der Waals surface area (Å²) in [7, 11) is 3.58. The van der Waals surface area contributed by atoms with Gasteiger partial charge in [0.2, 0.25) is 0 Å². The van der Waals surface area contributed by atoms with Crippen molar-refractivity contribution in [3.8, 4) is 0 Å². The van der Waals surface area contributed by atoms with Gasteiger partial charge in [-0.3, -0.25) is 9.69 Å². The molecule has 88 valence electrons. The van der Waals surface area contributed by atoms with E-state index in [1.54, 1.807) is 0 Å². The highest BCUT2D eigenvalue weighted by Gasteiger charge is 2.31. The number of hydrogen-bond acceptors (Lipinski definition) is 4. The Labute approximate surface area is 92.2 Å². The molecular formula is C11H22N2O2. The molecule has 1 rings (SSSR count). The maximum absolute atomic E-state index is 11.7. The number of carbonyl (C=O) groups is 1. The number of ether oxygens (including phenoxy) is 1. The summed E-state index contributed by atoms with van der Waals surface area (Å²) in [5.74, 6) is 0.204. The first-order valence-electron chi connectivity index (χ1n) is 5.56. The van der Waals surface area contributed by atoms with Gasteiger partial charge in [0.1, 0.15) is 6.04 Å². The fourth-order valence-electron chi connectivity index (χ4n) is 2.06. The summed E-state index contributed by atoms with van der Waals surface area (Å²) >= 11 is 0. The SMILES string of the molecule is COC(=O)[C@H](C(C)C)N1CCN(C)CC1. The molecular weight excluding hydrogens is 192 g/mol. The molecule has 1 aliphatic heterocycles. The number of piperazine rings is 1. The molecule has 0 saturated carbocycles. The molecule has 1 atom stereocenters. The molecule has 0 N–H and O–H groups in total. The van der Waals surface area contributed by atoms with E-state index in [1.165, 1.54) is 7.11 Å². The number of rotatable bonds is 3. The molecule has 0 bridgehead atoms. The monoisotopic (exact) mass is 214 g/mol. The van der Waals surface area contributed by atoms with Crippen molar-refractivity contribution in [3.05, 3.63) is 0 Å². The molecule has 1 saturated heterocycles. The lowest BCUT2D eigenvalue weighted by molar-refractivity contribution is -0.149. The van der Waals surface area contributed by atoms with Crippen molar-refractivity contribution in [2.75, 3.05) is 40.3 Å². The molecule has 1 fully saturated rings. The van der Waals surface area contributed by atoms with Gasteiger partial charge < -0.3 is 9.64 Å². The van der Waals surface area contributed by atoms with Gasteiger partial charge in [-0.05, 0) is 13.0 Å². The predicted octanol–water partition coefficient (Wildman–Crippen LogP) is 0.431. The minimum Gasteiger partial charge on any atom is -0.468 e. The first-order valence-corrected chi connectivity index (χ1v) is 5.56. The van der Waals surface area contributed by atoms with E-state index >= 15 is 0 Å². The van der Waals surface area contributed by atoms with Crippen LogP contribution in [0, 0.1) is 5.92 Å². The summed E-state index contributed by atoms with van der Waals surface area (Å²) in [5.41, 5.74) is 0. The number of likely N-dealkylation sites (N-methyl/N-ethyl adjacent to an activating group) is 1. The van der Waals surface area contributed by atoms with Gasteiger partial charge in [-0.15, -0.1) is 0 Å². The molecule has 4 heteroatoms. The summed E-state index contributed by atoms with van der Waals surface area (Å²) in [6.07, 6.45) is 0.